The quantitative estimate of drug-likeness (QED) is 0.645. The molecule has 2 rings (SSSR count). The predicted molar refractivity (Wildman–Crippen MR) is 64.8 cm³/mol. The maximum atomic E-state index is 11.7. The van der Waals surface area contributed by atoms with Crippen LogP contribution in [0.15, 0.2) is 53.2 Å². The molecule has 0 amide bonds. The first kappa shape index (κ1) is 11.1. The molecule has 1 aromatic carbocycles. The molecule has 0 atom stereocenters. The third kappa shape index (κ3) is 3.04. The van der Waals surface area contributed by atoms with Crippen molar-refractivity contribution in [3.05, 3.63) is 59.9 Å². The summed E-state index contributed by atoms with van der Waals surface area (Å²) >= 11 is 0. The number of allylic oxidation sites excluding steroid dienone is 1. The molecule has 1 aromatic heterocycles. The van der Waals surface area contributed by atoms with E-state index in [-0.39, 0.29) is 5.78 Å². The summed E-state index contributed by atoms with van der Waals surface area (Å²) in [6, 6.07) is 10.8. The first-order chi connectivity index (χ1) is 8.25. The number of aromatic nitrogens is 1. The Bertz CT molecular complexity index is 529. The summed E-state index contributed by atoms with van der Waals surface area (Å²) < 4.78 is 4.93. The van der Waals surface area contributed by atoms with Crippen molar-refractivity contribution in [3.63, 3.8) is 0 Å². The summed E-state index contributed by atoms with van der Waals surface area (Å²) in [6.07, 6.45) is 2.99. The van der Waals surface area contributed by atoms with E-state index in [4.69, 9.17) is 4.52 Å². The molecule has 1 heterocycles. The molecule has 0 aliphatic carbocycles. The summed E-state index contributed by atoms with van der Waals surface area (Å²) in [5.41, 5.74) is 1.44. The third-order valence-electron chi connectivity index (χ3n) is 2.15. The zero-order valence-electron chi connectivity index (χ0n) is 9.38. The van der Waals surface area contributed by atoms with Crippen LogP contribution in [-0.2, 0) is 0 Å². The summed E-state index contributed by atoms with van der Waals surface area (Å²) in [5.74, 6) is 0.453. The number of carbonyl (C=O) groups is 1. The van der Waals surface area contributed by atoms with Gasteiger partial charge in [0.15, 0.2) is 5.78 Å². The summed E-state index contributed by atoms with van der Waals surface area (Å²) in [6.45, 7) is 1.83. The molecule has 4 nitrogen and oxygen atoms in total. The predicted octanol–water partition coefficient (Wildman–Crippen LogP) is 2.79. The normalized spacial score (nSPS) is 10.6. The lowest BCUT2D eigenvalue weighted by Gasteiger charge is -1.94. The second-order valence-corrected chi connectivity index (χ2v) is 3.54. The van der Waals surface area contributed by atoms with Crippen LogP contribution >= 0.6 is 0 Å². The number of hydrogen-bond acceptors (Lipinski definition) is 4. The van der Waals surface area contributed by atoms with Gasteiger partial charge in [0.1, 0.15) is 0 Å². The summed E-state index contributed by atoms with van der Waals surface area (Å²) in [7, 11) is 0. The van der Waals surface area contributed by atoms with Crippen LogP contribution in [0.5, 0.6) is 0 Å². The van der Waals surface area contributed by atoms with Gasteiger partial charge in [0.2, 0.25) is 5.88 Å². The van der Waals surface area contributed by atoms with Gasteiger partial charge in [-0.2, -0.15) is 0 Å². The van der Waals surface area contributed by atoms with Crippen LogP contribution in [0.4, 0.5) is 5.88 Å². The molecular formula is C13H12N2O2. The molecular weight excluding hydrogens is 216 g/mol. The number of benzene rings is 1. The van der Waals surface area contributed by atoms with E-state index in [2.05, 4.69) is 10.5 Å². The zero-order chi connectivity index (χ0) is 12.1. The van der Waals surface area contributed by atoms with Crippen LogP contribution in [-0.4, -0.2) is 10.9 Å². The monoisotopic (exact) mass is 228 g/mol. The number of rotatable bonds is 4. The fraction of sp³-hybridized carbons (Fsp3) is 0.0769. The van der Waals surface area contributed by atoms with Crippen LogP contribution in [0.3, 0.4) is 0 Å². The minimum Gasteiger partial charge on any atom is -0.338 e. The smallest absolute Gasteiger partial charge is 0.228 e. The van der Waals surface area contributed by atoms with E-state index < -0.39 is 0 Å². The van der Waals surface area contributed by atoms with Crippen LogP contribution in [0.2, 0.25) is 0 Å². The molecule has 1 N–H and O–H groups in total. The first-order valence-electron chi connectivity index (χ1n) is 5.21. The zero-order valence-corrected chi connectivity index (χ0v) is 9.38. The van der Waals surface area contributed by atoms with Crippen molar-refractivity contribution in [1.29, 1.82) is 0 Å². The Hall–Kier alpha value is -2.36. The van der Waals surface area contributed by atoms with Crippen LogP contribution in [0.25, 0.3) is 0 Å². The first-order valence-corrected chi connectivity index (χ1v) is 5.21. The Morgan fingerprint density at radius 3 is 2.76 bits per heavy atom. The van der Waals surface area contributed by atoms with Gasteiger partial charge in [-0.1, -0.05) is 35.5 Å². The van der Waals surface area contributed by atoms with Crippen LogP contribution < -0.4 is 5.32 Å². The van der Waals surface area contributed by atoms with Crippen molar-refractivity contribution in [2.45, 2.75) is 6.92 Å². The molecule has 0 aliphatic rings. The van der Waals surface area contributed by atoms with Crippen molar-refractivity contribution in [3.8, 4) is 0 Å². The van der Waals surface area contributed by atoms with E-state index in [0.717, 1.165) is 5.69 Å². The van der Waals surface area contributed by atoms with E-state index in [9.17, 15) is 4.79 Å². The van der Waals surface area contributed by atoms with E-state index in [1.807, 2.05) is 25.1 Å². The highest BCUT2D eigenvalue weighted by Gasteiger charge is 2.00. The van der Waals surface area contributed by atoms with Crippen molar-refractivity contribution < 1.29 is 9.32 Å². The molecule has 17 heavy (non-hydrogen) atoms. The molecule has 0 spiro atoms. The number of carbonyl (C=O) groups excluding carboxylic acids is 1. The Morgan fingerprint density at radius 1 is 1.35 bits per heavy atom. The third-order valence-corrected chi connectivity index (χ3v) is 2.15. The van der Waals surface area contributed by atoms with E-state index >= 15 is 0 Å². The summed E-state index contributed by atoms with van der Waals surface area (Å²) in [4.78, 5) is 11.7. The Kier molecular flexibility index (Phi) is 3.35. The van der Waals surface area contributed by atoms with E-state index in [1.165, 1.54) is 12.3 Å². The van der Waals surface area contributed by atoms with Gasteiger partial charge in [-0.3, -0.25) is 4.79 Å². The molecule has 0 bridgehead atoms. The largest absolute Gasteiger partial charge is 0.338 e. The number of ketones is 1. The van der Waals surface area contributed by atoms with Gasteiger partial charge in [-0.15, -0.1) is 0 Å². The highest BCUT2D eigenvalue weighted by Crippen LogP contribution is 2.08. The number of hydrogen-bond donors (Lipinski definition) is 1. The molecule has 86 valence electrons. The van der Waals surface area contributed by atoms with Gasteiger partial charge in [-0.25, -0.2) is 0 Å². The van der Waals surface area contributed by atoms with Gasteiger partial charge in [-0.05, 0) is 6.92 Å². The van der Waals surface area contributed by atoms with Crippen molar-refractivity contribution in [1.82, 2.24) is 5.16 Å². The maximum absolute atomic E-state index is 11.7. The van der Waals surface area contributed by atoms with Crippen LogP contribution in [0.1, 0.15) is 16.1 Å². The molecule has 0 aliphatic heterocycles. The lowest BCUT2D eigenvalue weighted by atomic mass is 10.1. The number of nitrogens with one attached hydrogen (secondary N) is 1. The minimum atomic E-state index is -0.0608. The molecule has 4 heteroatoms. The topological polar surface area (TPSA) is 55.1 Å². The highest BCUT2D eigenvalue weighted by atomic mass is 16.5. The number of anilines is 1. The molecule has 2 aromatic rings. The Balaban J connectivity index is 1.95. The Morgan fingerprint density at radius 2 is 2.12 bits per heavy atom. The van der Waals surface area contributed by atoms with Gasteiger partial charge in [0.25, 0.3) is 0 Å². The SMILES string of the molecule is Cc1cc(NC=CC(=O)c2ccccc2)on1. The van der Waals surface area contributed by atoms with Gasteiger partial charge >= 0.3 is 0 Å². The van der Waals surface area contributed by atoms with Crippen molar-refractivity contribution in [2.75, 3.05) is 5.32 Å². The van der Waals surface area contributed by atoms with Crippen molar-refractivity contribution in [2.24, 2.45) is 0 Å². The van der Waals surface area contributed by atoms with Gasteiger partial charge in [0.05, 0.1) is 5.69 Å². The van der Waals surface area contributed by atoms with Crippen LogP contribution in [0, 0.1) is 6.92 Å². The minimum absolute atomic E-state index is 0.0608. The molecule has 0 unspecified atom stereocenters. The second-order valence-electron chi connectivity index (χ2n) is 3.54. The lowest BCUT2D eigenvalue weighted by Crippen LogP contribution is -1.95. The summed E-state index contributed by atoms with van der Waals surface area (Å²) in [5, 5.41) is 6.55. The van der Waals surface area contributed by atoms with E-state index in [1.54, 1.807) is 18.2 Å². The van der Waals surface area contributed by atoms with Gasteiger partial charge in [0, 0.05) is 23.9 Å². The fourth-order valence-electron chi connectivity index (χ4n) is 1.33. The van der Waals surface area contributed by atoms with E-state index in [0.29, 0.717) is 11.4 Å². The Labute approximate surface area is 98.9 Å². The molecule has 0 radical (unpaired) electrons. The maximum Gasteiger partial charge on any atom is 0.228 e. The van der Waals surface area contributed by atoms with Gasteiger partial charge < -0.3 is 9.84 Å². The molecule has 0 saturated heterocycles. The average Bonchev–Trinajstić information content (AvgIpc) is 2.76. The molecule has 0 fully saturated rings. The lowest BCUT2D eigenvalue weighted by molar-refractivity contribution is 0.104. The van der Waals surface area contributed by atoms with Crippen molar-refractivity contribution >= 4 is 11.7 Å². The average molecular weight is 228 g/mol. The number of nitrogens with zero attached hydrogens (tertiary/aromatic N) is 1. The second kappa shape index (κ2) is 5.12. The fourth-order valence-corrected chi connectivity index (χ4v) is 1.33. The molecule has 0 saturated carbocycles. The number of aryl methyl sites for hydroxylation is 1. The standard InChI is InChI=1S/C13H12N2O2/c1-10-9-13(17-15-10)14-8-7-12(16)11-5-3-2-4-6-11/h2-9,14H,1H3. The highest BCUT2D eigenvalue weighted by molar-refractivity contribution is 6.04.